The second kappa shape index (κ2) is 5.69. The van der Waals surface area contributed by atoms with Gasteiger partial charge in [-0.1, -0.05) is 29.4 Å². The van der Waals surface area contributed by atoms with Gasteiger partial charge in [-0.15, -0.1) is 11.3 Å². The lowest BCUT2D eigenvalue weighted by Crippen LogP contribution is -1.91. The van der Waals surface area contributed by atoms with E-state index in [1.165, 1.54) is 6.07 Å². The van der Waals surface area contributed by atoms with Crippen LogP contribution < -0.4 is 0 Å². The van der Waals surface area contributed by atoms with Crippen molar-refractivity contribution in [1.82, 2.24) is 4.98 Å². The van der Waals surface area contributed by atoms with Gasteiger partial charge in [0.15, 0.2) is 0 Å². The lowest BCUT2D eigenvalue weighted by molar-refractivity contribution is -0.384. The van der Waals surface area contributed by atoms with E-state index >= 15 is 0 Å². The number of nitro groups is 1. The fourth-order valence-electron chi connectivity index (χ4n) is 1.33. The molecule has 0 unspecified atom stereocenters. The lowest BCUT2D eigenvalue weighted by Gasteiger charge is -2.00. The largest absolute Gasteiger partial charge is 0.288 e. The van der Waals surface area contributed by atoms with Crippen molar-refractivity contribution in [2.75, 3.05) is 0 Å². The van der Waals surface area contributed by atoms with Crippen LogP contribution in [0, 0.1) is 17.0 Å². The maximum atomic E-state index is 10.8. The summed E-state index contributed by atoms with van der Waals surface area (Å²) in [5.74, 6) is 0.644. The highest BCUT2D eigenvalue weighted by Crippen LogP contribution is 2.30. The Morgan fingerprint density at radius 2 is 2.33 bits per heavy atom. The minimum absolute atomic E-state index is 0.0508. The van der Waals surface area contributed by atoms with Crippen molar-refractivity contribution < 1.29 is 4.92 Å². The van der Waals surface area contributed by atoms with Crippen LogP contribution in [-0.2, 0) is 5.75 Å². The summed E-state index contributed by atoms with van der Waals surface area (Å²) < 4.78 is 0.963. The SMILES string of the molecule is Cc1csc(SCc2ccc(Cl)c([N+](=O)[O-])c2)n1. The van der Waals surface area contributed by atoms with Crippen LogP contribution in [0.15, 0.2) is 27.9 Å². The molecule has 0 aliphatic heterocycles. The molecule has 4 nitrogen and oxygen atoms in total. The van der Waals surface area contributed by atoms with E-state index in [2.05, 4.69) is 4.98 Å². The first kappa shape index (κ1) is 13.3. The first-order valence-electron chi connectivity index (χ1n) is 5.04. The number of thiazole rings is 1. The summed E-state index contributed by atoms with van der Waals surface area (Å²) in [4.78, 5) is 14.6. The van der Waals surface area contributed by atoms with Crippen molar-refractivity contribution in [2.45, 2.75) is 17.0 Å². The topological polar surface area (TPSA) is 56.0 Å². The zero-order valence-electron chi connectivity index (χ0n) is 9.42. The lowest BCUT2D eigenvalue weighted by atomic mass is 10.2. The minimum atomic E-state index is -0.468. The van der Waals surface area contributed by atoms with Crippen LogP contribution >= 0.6 is 34.7 Å². The Morgan fingerprint density at radius 3 is 2.94 bits per heavy atom. The smallest absolute Gasteiger partial charge is 0.258 e. The molecule has 1 aromatic heterocycles. The number of nitrogens with zero attached hydrogens (tertiary/aromatic N) is 2. The highest BCUT2D eigenvalue weighted by atomic mass is 35.5. The average molecular weight is 301 g/mol. The number of aromatic nitrogens is 1. The van der Waals surface area contributed by atoms with E-state index in [1.807, 2.05) is 12.3 Å². The van der Waals surface area contributed by atoms with E-state index in [0.717, 1.165) is 15.6 Å². The Kier molecular flexibility index (Phi) is 4.21. The van der Waals surface area contributed by atoms with Gasteiger partial charge in [-0.05, 0) is 18.6 Å². The van der Waals surface area contributed by atoms with E-state index in [9.17, 15) is 10.1 Å². The van der Waals surface area contributed by atoms with E-state index in [1.54, 1.807) is 35.2 Å². The summed E-state index contributed by atoms with van der Waals surface area (Å²) in [6.45, 7) is 1.94. The Balaban J connectivity index is 2.10. The normalized spacial score (nSPS) is 10.6. The number of aryl methyl sites for hydroxylation is 1. The Hall–Kier alpha value is -1.11. The summed E-state index contributed by atoms with van der Waals surface area (Å²) >= 11 is 8.89. The Labute approximate surface area is 117 Å². The summed E-state index contributed by atoms with van der Waals surface area (Å²) in [5, 5.41) is 12.9. The molecule has 1 heterocycles. The monoisotopic (exact) mass is 300 g/mol. The number of thioether (sulfide) groups is 1. The molecule has 0 amide bonds. The summed E-state index contributed by atoms with van der Waals surface area (Å²) in [6.07, 6.45) is 0. The van der Waals surface area contributed by atoms with Crippen LogP contribution in [0.5, 0.6) is 0 Å². The molecule has 0 spiro atoms. The molecule has 0 atom stereocenters. The van der Waals surface area contributed by atoms with Crippen molar-refractivity contribution in [3.8, 4) is 0 Å². The van der Waals surface area contributed by atoms with Crippen LogP contribution in [0.2, 0.25) is 5.02 Å². The molecular formula is C11H9ClN2O2S2. The fourth-order valence-corrected chi connectivity index (χ4v) is 3.31. The third-order valence-electron chi connectivity index (χ3n) is 2.17. The summed E-state index contributed by atoms with van der Waals surface area (Å²) in [7, 11) is 0. The van der Waals surface area contributed by atoms with Gasteiger partial charge in [-0.2, -0.15) is 0 Å². The van der Waals surface area contributed by atoms with E-state index in [-0.39, 0.29) is 10.7 Å². The first-order chi connectivity index (χ1) is 8.56. The number of halogens is 1. The zero-order valence-corrected chi connectivity index (χ0v) is 11.8. The quantitative estimate of drug-likeness (QED) is 0.480. The predicted molar refractivity (Wildman–Crippen MR) is 74.5 cm³/mol. The van der Waals surface area contributed by atoms with Gasteiger partial charge in [-0.3, -0.25) is 10.1 Å². The molecule has 7 heteroatoms. The van der Waals surface area contributed by atoms with Crippen molar-refractivity contribution in [3.05, 3.63) is 50.0 Å². The molecule has 0 saturated carbocycles. The maximum Gasteiger partial charge on any atom is 0.288 e. The van der Waals surface area contributed by atoms with Gasteiger partial charge >= 0.3 is 0 Å². The van der Waals surface area contributed by atoms with Gasteiger partial charge in [0.2, 0.25) is 0 Å². The van der Waals surface area contributed by atoms with Gasteiger partial charge in [0, 0.05) is 22.9 Å². The van der Waals surface area contributed by atoms with Gasteiger partial charge in [-0.25, -0.2) is 4.98 Å². The predicted octanol–water partition coefficient (Wildman–Crippen LogP) is 4.31. The fraction of sp³-hybridized carbons (Fsp3) is 0.182. The second-order valence-electron chi connectivity index (χ2n) is 3.59. The molecule has 94 valence electrons. The Morgan fingerprint density at radius 1 is 1.56 bits per heavy atom. The standard InChI is InChI=1S/C11H9ClN2O2S2/c1-7-5-17-11(13-7)18-6-8-2-3-9(12)10(4-8)14(15)16/h2-5H,6H2,1H3. The van der Waals surface area contributed by atoms with E-state index < -0.39 is 4.92 Å². The summed E-state index contributed by atoms with van der Waals surface area (Å²) in [6, 6.07) is 4.86. The molecule has 0 fully saturated rings. The molecule has 0 aliphatic rings. The molecule has 2 rings (SSSR count). The minimum Gasteiger partial charge on any atom is -0.258 e. The molecule has 0 aliphatic carbocycles. The van der Waals surface area contributed by atoms with E-state index in [0.29, 0.717) is 5.75 Å². The van der Waals surface area contributed by atoms with Gasteiger partial charge in [0.1, 0.15) is 9.36 Å². The van der Waals surface area contributed by atoms with Crippen LogP contribution in [0.1, 0.15) is 11.3 Å². The Bertz CT molecular complexity index is 586. The molecular weight excluding hydrogens is 292 g/mol. The average Bonchev–Trinajstić information content (AvgIpc) is 2.74. The highest BCUT2D eigenvalue weighted by Gasteiger charge is 2.13. The third-order valence-corrected chi connectivity index (χ3v) is 4.70. The van der Waals surface area contributed by atoms with Gasteiger partial charge < -0.3 is 0 Å². The van der Waals surface area contributed by atoms with Gasteiger partial charge in [0.25, 0.3) is 5.69 Å². The van der Waals surface area contributed by atoms with Gasteiger partial charge in [0.05, 0.1) is 4.92 Å². The molecule has 0 N–H and O–H groups in total. The van der Waals surface area contributed by atoms with Crippen molar-refractivity contribution >= 4 is 40.4 Å². The molecule has 2 aromatic rings. The van der Waals surface area contributed by atoms with Crippen molar-refractivity contribution in [2.24, 2.45) is 0 Å². The zero-order chi connectivity index (χ0) is 13.1. The van der Waals surface area contributed by atoms with E-state index in [4.69, 9.17) is 11.6 Å². The third kappa shape index (κ3) is 3.22. The van der Waals surface area contributed by atoms with Crippen LogP contribution in [0.4, 0.5) is 5.69 Å². The van der Waals surface area contributed by atoms with Crippen molar-refractivity contribution in [3.63, 3.8) is 0 Å². The molecule has 0 radical (unpaired) electrons. The van der Waals surface area contributed by atoms with Crippen molar-refractivity contribution in [1.29, 1.82) is 0 Å². The number of hydrogen-bond donors (Lipinski definition) is 0. The number of rotatable bonds is 4. The molecule has 18 heavy (non-hydrogen) atoms. The molecule has 1 aromatic carbocycles. The number of benzene rings is 1. The first-order valence-corrected chi connectivity index (χ1v) is 7.28. The highest BCUT2D eigenvalue weighted by molar-refractivity contribution is 8.00. The number of hydrogen-bond acceptors (Lipinski definition) is 5. The summed E-state index contributed by atoms with van der Waals surface area (Å²) in [5.41, 5.74) is 1.80. The molecule has 0 bridgehead atoms. The maximum absolute atomic E-state index is 10.8. The second-order valence-corrected chi connectivity index (χ2v) is 6.07. The van der Waals surface area contributed by atoms with Crippen LogP contribution in [0.25, 0.3) is 0 Å². The van der Waals surface area contributed by atoms with Crippen LogP contribution in [-0.4, -0.2) is 9.91 Å². The number of nitro benzene ring substituents is 1. The molecule has 0 saturated heterocycles. The van der Waals surface area contributed by atoms with Crippen LogP contribution in [0.3, 0.4) is 0 Å².